The molecule has 0 radical (unpaired) electrons. The number of aromatic nitrogens is 2. The number of carbonyl (C=O) groups is 1. The highest BCUT2D eigenvalue weighted by Gasteiger charge is 2.15. The highest BCUT2D eigenvalue weighted by Crippen LogP contribution is 2.35. The van der Waals surface area contributed by atoms with Crippen molar-refractivity contribution >= 4 is 17.2 Å². The number of benzene rings is 1. The van der Waals surface area contributed by atoms with Crippen LogP contribution in [0.15, 0.2) is 42.6 Å². The smallest absolute Gasteiger partial charge is 0.258 e. The van der Waals surface area contributed by atoms with Crippen LogP contribution in [-0.2, 0) is 17.9 Å². The molecule has 7 heteroatoms. The summed E-state index contributed by atoms with van der Waals surface area (Å²) in [5.41, 5.74) is 7.35. The predicted octanol–water partition coefficient (Wildman–Crippen LogP) is 3.33. The third-order valence-electron chi connectivity index (χ3n) is 4.12. The summed E-state index contributed by atoms with van der Waals surface area (Å²) < 4.78 is 5.74. The Bertz CT molecular complexity index is 918. The van der Waals surface area contributed by atoms with Crippen LogP contribution in [0.4, 0.5) is 0 Å². The highest BCUT2D eigenvalue weighted by atomic mass is 32.1. The molecular formula is C20H24N4O2S. The van der Waals surface area contributed by atoms with Crippen LogP contribution in [0.1, 0.15) is 23.3 Å². The van der Waals surface area contributed by atoms with E-state index in [4.69, 9.17) is 10.5 Å². The summed E-state index contributed by atoms with van der Waals surface area (Å²) in [6.45, 7) is 5.24. The number of primary amides is 1. The molecule has 1 atom stereocenters. The average Bonchev–Trinajstić information content (AvgIpc) is 3.24. The molecule has 1 amide bonds. The van der Waals surface area contributed by atoms with E-state index in [0.29, 0.717) is 5.75 Å². The van der Waals surface area contributed by atoms with Crippen molar-refractivity contribution in [2.24, 2.45) is 5.73 Å². The normalized spacial score (nSPS) is 12.3. The zero-order chi connectivity index (χ0) is 19.4. The number of nitrogens with two attached hydrogens (primary N) is 1. The number of hydrogen-bond acceptors (Lipinski definition) is 5. The Labute approximate surface area is 163 Å². The topological polar surface area (TPSA) is 84.2 Å². The maximum Gasteiger partial charge on any atom is 0.258 e. The van der Waals surface area contributed by atoms with E-state index in [2.05, 4.69) is 34.0 Å². The van der Waals surface area contributed by atoms with E-state index in [-0.39, 0.29) is 0 Å². The molecule has 0 spiro atoms. The molecule has 2 heterocycles. The van der Waals surface area contributed by atoms with Gasteiger partial charge in [0.2, 0.25) is 0 Å². The van der Waals surface area contributed by atoms with Gasteiger partial charge in [-0.3, -0.25) is 9.69 Å². The Morgan fingerprint density at radius 1 is 1.30 bits per heavy atom. The van der Waals surface area contributed by atoms with Crippen molar-refractivity contribution < 1.29 is 9.53 Å². The Hall–Kier alpha value is -2.64. The average molecular weight is 385 g/mol. The van der Waals surface area contributed by atoms with Gasteiger partial charge in [0.1, 0.15) is 11.6 Å². The number of nitrogens with zero attached hydrogens (tertiary/aromatic N) is 2. The van der Waals surface area contributed by atoms with Crippen LogP contribution in [0.5, 0.6) is 5.75 Å². The number of hydrogen-bond donors (Lipinski definition) is 2. The van der Waals surface area contributed by atoms with Gasteiger partial charge in [0.05, 0.1) is 6.54 Å². The van der Waals surface area contributed by atoms with Gasteiger partial charge in [-0.1, -0.05) is 12.1 Å². The number of amides is 1. The van der Waals surface area contributed by atoms with Crippen molar-refractivity contribution in [2.75, 3.05) is 7.05 Å². The van der Waals surface area contributed by atoms with E-state index in [1.165, 1.54) is 4.88 Å². The minimum atomic E-state index is -0.673. The fourth-order valence-corrected chi connectivity index (χ4v) is 3.87. The van der Waals surface area contributed by atoms with Crippen LogP contribution in [0.2, 0.25) is 0 Å². The van der Waals surface area contributed by atoms with Gasteiger partial charge < -0.3 is 15.5 Å². The first kappa shape index (κ1) is 19.1. The van der Waals surface area contributed by atoms with Crippen molar-refractivity contribution in [3.8, 4) is 16.2 Å². The summed E-state index contributed by atoms with van der Waals surface area (Å²) in [6, 6.07) is 11.9. The number of thiophene rings is 1. The first-order valence-corrected chi connectivity index (χ1v) is 9.57. The van der Waals surface area contributed by atoms with Crippen LogP contribution < -0.4 is 10.5 Å². The quantitative estimate of drug-likeness (QED) is 0.624. The molecule has 1 aromatic carbocycles. The van der Waals surface area contributed by atoms with Crippen molar-refractivity contribution in [3.63, 3.8) is 0 Å². The maximum absolute atomic E-state index is 11.3. The van der Waals surface area contributed by atoms with Crippen molar-refractivity contribution in [3.05, 3.63) is 59.0 Å². The Morgan fingerprint density at radius 2 is 2.07 bits per heavy atom. The number of H-pyrrole nitrogens is 1. The molecule has 0 fully saturated rings. The van der Waals surface area contributed by atoms with Crippen LogP contribution in [-0.4, -0.2) is 33.9 Å². The van der Waals surface area contributed by atoms with E-state index in [9.17, 15) is 4.79 Å². The molecule has 1 unspecified atom stereocenters. The van der Waals surface area contributed by atoms with Gasteiger partial charge in [0.15, 0.2) is 6.10 Å². The molecular weight excluding hydrogens is 360 g/mol. The number of carbonyl (C=O) groups excluding carboxylic acids is 1. The Morgan fingerprint density at radius 3 is 2.78 bits per heavy atom. The largest absolute Gasteiger partial charge is 0.480 e. The monoisotopic (exact) mass is 384 g/mol. The third kappa shape index (κ3) is 4.96. The second kappa shape index (κ2) is 8.37. The lowest BCUT2D eigenvalue weighted by Gasteiger charge is -2.15. The molecule has 0 bridgehead atoms. The lowest BCUT2D eigenvalue weighted by atomic mass is 10.1. The van der Waals surface area contributed by atoms with E-state index in [1.807, 2.05) is 37.4 Å². The molecule has 3 rings (SSSR count). The second-order valence-corrected chi connectivity index (χ2v) is 7.78. The molecule has 2 aromatic heterocycles. The van der Waals surface area contributed by atoms with Crippen molar-refractivity contribution in [2.45, 2.75) is 33.0 Å². The summed E-state index contributed by atoms with van der Waals surface area (Å²) in [5, 5.41) is 0. The van der Waals surface area contributed by atoms with E-state index < -0.39 is 12.0 Å². The minimum absolute atomic E-state index is 0.480. The number of nitrogens with one attached hydrogen (secondary N) is 1. The number of para-hydroxylation sites is 1. The zero-order valence-electron chi connectivity index (χ0n) is 15.7. The van der Waals surface area contributed by atoms with Crippen LogP contribution >= 0.6 is 11.3 Å². The highest BCUT2D eigenvalue weighted by molar-refractivity contribution is 7.15. The van der Waals surface area contributed by atoms with Crippen LogP contribution in [0, 0.1) is 6.92 Å². The number of aromatic amines is 1. The number of aryl methyl sites for hydroxylation is 1. The summed E-state index contributed by atoms with van der Waals surface area (Å²) >= 11 is 1.71. The predicted molar refractivity (Wildman–Crippen MR) is 108 cm³/mol. The fraction of sp³-hybridized carbons (Fsp3) is 0.300. The Balaban J connectivity index is 1.71. The Kier molecular flexibility index (Phi) is 5.93. The van der Waals surface area contributed by atoms with Crippen LogP contribution in [0.3, 0.4) is 0 Å². The number of ether oxygens (including phenoxy) is 1. The zero-order valence-corrected chi connectivity index (χ0v) is 16.5. The second-order valence-electron chi connectivity index (χ2n) is 6.61. The summed E-state index contributed by atoms with van der Waals surface area (Å²) in [7, 11) is 2.07. The van der Waals surface area contributed by atoms with Gasteiger partial charge in [-0.25, -0.2) is 4.98 Å². The molecule has 0 aliphatic carbocycles. The molecule has 6 nitrogen and oxygen atoms in total. The number of imidazole rings is 1. The standard InChI is InChI=1S/C20H24N4O2S/c1-13-10-22-19(23-13)12-24(3)11-15-8-9-18(27-15)16-6-4-5-7-17(16)26-14(2)20(21)25/h4-10,14H,11-12H2,1-3H3,(H2,21,25)(H,22,23). The summed E-state index contributed by atoms with van der Waals surface area (Å²) in [4.78, 5) is 23.5. The van der Waals surface area contributed by atoms with Gasteiger partial charge in [-0.15, -0.1) is 11.3 Å². The van der Waals surface area contributed by atoms with Gasteiger partial charge in [-0.05, 0) is 45.2 Å². The van der Waals surface area contributed by atoms with Crippen molar-refractivity contribution in [1.82, 2.24) is 14.9 Å². The first-order valence-electron chi connectivity index (χ1n) is 8.75. The lowest BCUT2D eigenvalue weighted by molar-refractivity contribution is -0.123. The van der Waals surface area contributed by atoms with Crippen molar-refractivity contribution in [1.29, 1.82) is 0 Å². The molecule has 0 saturated heterocycles. The molecule has 0 saturated carbocycles. The van der Waals surface area contributed by atoms with E-state index in [1.54, 1.807) is 18.3 Å². The van der Waals surface area contributed by atoms with E-state index in [0.717, 1.165) is 35.0 Å². The van der Waals surface area contributed by atoms with Gasteiger partial charge in [0, 0.05) is 33.8 Å². The van der Waals surface area contributed by atoms with E-state index >= 15 is 0 Å². The van der Waals surface area contributed by atoms with Gasteiger partial charge in [0.25, 0.3) is 5.91 Å². The third-order valence-corrected chi connectivity index (χ3v) is 5.22. The van der Waals surface area contributed by atoms with Gasteiger partial charge in [-0.2, -0.15) is 0 Å². The summed E-state index contributed by atoms with van der Waals surface area (Å²) in [6.07, 6.45) is 1.17. The molecule has 27 heavy (non-hydrogen) atoms. The SMILES string of the molecule is Cc1cnc(CN(C)Cc2ccc(-c3ccccc3OC(C)C(N)=O)s2)[nH]1. The molecule has 0 aliphatic heterocycles. The molecule has 0 aliphatic rings. The molecule has 3 aromatic rings. The number of rotatable bonds is 8. The fourth-order valence-electron chi connectivity index (χ4n) is 2.75. The van der Waals surface area contributed by atoms with Gasteiger partial charge >= 0.3 is 0 Å². The molecule has 142 valence electrons. The lowest BCUT2D eigenvalue weighted by Crippen LogP contribution is -2.30. The first-order chi connectivity index (χ1) is 12.9. The summed E-state index contributed by atoms with van der Waals surface area (Å²) in [5.74, 6) is 1.15. The minimum Gasteiger partial charge on any atom is -0.480 e. The van der Waals surface area contributed by atoms with Crippen LogP contribution in [0.25, 0.3) is 10.4 Å². The maximum atomic E-state index is 11.3. The molecule has 3 N–H and O–H groups in total.